The SMILES string of the molecule is COc1ccc(-c2nnc(SCc3ccon3)n2N)cc1. The van der Waals surface area contributed by atoms with E-state index in [1.165, 1.54) is 22.7 Å². The van der Waals surface area contributed by atoms with Gasteiger partial charge in [0.2, 0.25) is 5.16 Å². The van der Waals surface area contributed by atoms with Crippen molar-refractivity contribution in [2.45, 2.75) is 10.9 Å². The summed E-state index contributed by atoms with van der Waals surface area (Å²) in [5.41, 5.74) is 1.70. The molecule has 108 valence electrons. The van der Waals surface area contributed by atoms with Gasteiger partial charge in [0.15, 0.2) is 5.82 Å². The highest BCUT2D eigenvalue weighted by molar-refractivity contribution is 7.98. The van der Waals surface area contributed by atoms with Crippen LogP contribution in [0.25, 0.3) is 11.4 Å². The predicted molar refractivity (Wildman–Crippen MR) is 78.2 cm³/mol. The molecule has 0 radical (unpaired) electrons. The van der Waals surface area contributed by atoms with Gasteiger partial charge in [-0.05, 0) is 24.3 Å². The average molecular weight is 303 g/mol. The van der Waals surface area contributed by atoms with Gasteiger partial charge in [-0.2, -0.15) is 0 Å². The predicted octanol–water partition coefficient (Wildman–Crippen LogP) is 1.95. The lowest BCUT2D eigenvalue weighted by molar-refractivity contribution is 0.414. The molecule has 0 amide bonds. The van der Waals surface area contributed by atoms with E-state index in [1.54, 1.807) is 13.2 Å². The third kappa shape index (κ3) is 2.84. The number of benzene rings is 1. The van der Waals surface area contributed by atoms with Gasteiger partial charge in [0.05, 0.1) is 12.8 Å². The molecular weight excluding hydrogens is 290 g/mol. The fraction of sp³-hybridized carbons (Fsp3) is 0.154. The van der Waals surface area contributed by atoms with Crippen LogP contribution in [0.3, 0.4) is 0 Å². The molecule has 2 N–H and O–H groups in total. The number of thioether (sulfide) groups is 1. The molecule has 0 saturated carbocycles. The van der Waals surface area contributed by atoms with Crippen LogP contribution >= 0.6 is 11.8 Å². The van der Waals surface area contributed by atoms with Gasteiger partial charge in [0, 0.05) is 17.4 Å². The number of ether oxygens (including phenoxy) is 1. The summed E-state index contributed by atoms with van der Waals surface area (Å²) < 4.78 is 11.4. The number of aromatic nitrogens is 4. The summed E-state index contributed by atoms with van der Waals surface area (Å²) in [6.07, 6.45) is 1.53. The Morgan fingerprint density at radius 1 is 1.24 bits per heavy atom. The van der Waals surface area contributed by atoms with Crippen molar-refractivity contribution < 1.29 is 9.26 Å². The summed E-state index contributed by atoms with van der Waals surface area (Å²) in [7, 11) is 1.62. The zero-order chi connectivity index (χ0) is 14.7. The van der Waals surface area contributed by atoms with E-state index in [2.05, 4.69) is 15.4 Å². The highest BCUT2D eigenvalue weighted by Crippen LogP contribution is 2.25. The Bertz CT molecular complexity index is 709. The van der Waals surface area contributed by atoms with Crippen LogP contribution < -0.4 is 10.6 Å². The van der Waals surface area contributed by atoms with Crippen molar-refractivity contribution in [2.24, 2.45) is 0 Å². The number of hydrogen-bond donors (Lipinski definition) is 1. The molecule has 0 aliphatic heterocycles. The summed E-state index contributed by atoms with van der Waals surface area (Å²) in [5.74, 6) is 8.04. The fourth-order valence-corrected chi connectivity index (χ4v) is 2.51. The lowest BCUT2D eigenvalue weighted by Gasteiger charge is -2.04. The van der Waals surface area contributed by atoms with Gasteiger partial charge in [-0.25, -0.2) is 4.68 Å². The van der Waals surface area contributed by atoms with Crippen LogP contribution in [-0.4, -0.2) is 27.1 Å². The molecule has 0 saturated heterocycles. The second kappa shape index (κ2) is 5.88. The molecule has 1 aromatic carbocycles. The maximum absolute atomic E-state index is 6.04. The van der Waals surface area contributed by atoms with E-state index in [-0.39, 0.29) is 0 Å². The van der Waals surface area contributed by atoms with E-state index < -0.39 is 0 Å². The first kappa shape index (κ1) is 13.5. The third-order valence-corrected chi connectivity index (χ3v) is 3.83. The van der Waals surface area contributed by atoms with Gasteiger partial charge in [0.25, 0.3) is 0 Å². The summed E-state index contributed by atoms with van der Waals surface area (Å²) in [4.78, 5) is 0. The Balaban J connectivity index is 1.77. The smallest absolute Gasteiger partial charge is 0.210 e. The Morgan fingerprint density at radius 2 is 2.05 bits per heavy atom. The number of methoxy groups -OCH3 is 1. The van der Waals surface area contributed by atoms with Gasteiger partial charge in [-0.15, -0.1) is 10.2 Å². The molecule has 0 atom stereocenters. The zero-order valence-electron chi connectivity index (χ0n) is 11.3. The Hall–Kier alpha value is -2.48. The average Bonchev–Trinajstić information content (AvgIpc) is 3.15. The molecule has 2 heterocycles. The number of nitrogens with two attached hydrogens (primary N) is 1. The molecule has 7 nitrogen and oxygen atoms in total. The van der Waals surface area contributed by atoms with Crippen molar-refractivity contribution in [3.05, 3.63) is 42.3 Å². The van der Waals surface area contributed by atoms with Gasteiger partial charge in [-0.3, -0.25) is 0 Å². The van der Waals surface area contributed by atoms with Crippen LogP contribution in [0.4, 0.5) is 0 Å². The van der Waals surface area contributed by atoms with Crippen molar-refractivity contribution in [3.63, 3.8) is 0 Å². The summed E-state index contributed by atoms with van der Waals surface area (Å²) in [6.45, 7) is 0. The van der Waals surface area contributed by atoms with Crippen molar-refractivity contribution in [1.29, 1.82) is 0 Å². The molecule has 0 spiro atoms. The topological polar surface area (TPSA) is 92.0 Å². The Morgan fingerprint density at radius 3 is 2.71 bits per heavy atom. The van der Waals surface area contributed by atoms with E-state index in [0.717, 1.165) is 17.0 Å². The number of rotatable bonds is 5. The largest absolute Gasteiger partial charge is 0.497 e. The third-order valence-electron chi connectivity index (χ3n) is 2.85. The van der Waals surface area contributed by atoms with E-state index in [9.17, 15) is 0 Å². The van der Waals surface area contributed by atoms with Gasteiger partial charge in [0.1, 0.15) is 12.0 Å². The van der Waals surface area contributed by atoms with Crippen LogP contribution in [0.5, 0.6) is 5.75 Å². The van der Waals surface area contributed by atoms with Crippen LogP contribution in [-0.2, 0) is 5.75 Å². The summed E-state index contributed by atoms with van der Waals surface area (Å²) >= 11 is 1.45. The second-order valence-electron chi connectivity index (χ2n) is 4.18. The monoisotopic (exact) mass is 303 g/mol. The first-order valence-electron chi connectivity index (χ1n) is 6.15. The first-order chi connectivity index (χ1) is 10.3. The van der Waals surface area contributed by atoms with Crippen LogP contribution in [0.15, 0.2) is 46.3 Å². The van der Waals surface area contributed by atoms with E-state index in [0.29, 0.717) is 16.7 Å². The highest BCUT2D eigenvalue weighted by Gasteiger charge is 2.12. The van der Waals surface area contributed by atoms with Crippen molar-refractivity contribution >= 4 is 11.8 Å². The number of nitrogen functional groups attached to an aromatic ring is 1. The minimum atomic E-state index is 0.598. The lowest BCUT2D eigenvalue weighted by Crippen LogP contribution is -2.11. The van der Waals surface area contributed by atoms with E-state index >= 15 is 0 Å². The number of nitrogens with zero attached hydrogens (tertiary/aromatic N) is 4. The molecule has 8 heteroatoms. The molecule has 0 fully saturated rings. The molecule has 0 aliphatic carbocycles. The molecule has 2 aromatic heterocycles. The van der Waals surface area contributed by atoms with Gasteiger partial charge < -0.3 is 15.1 Å². The standard InChI is InChI=1S/C13H13N5O2S/c1-19-11-4-2-9(3-5-11)12-15-16-13(18(12)14)21-8-10-6-7-20-17-10/h2-7H,8,14H2,1H3. The minimum absolute atomic E-state index is 0.598. The molecular formula is C13H13N5O2S. The molecule has 3 aromatic rings. The molecule has 21 heavy (non-hydrogen) atoms. The zero-order valence-corrected chi connectivity index (χ0v) is 12.1. The fourth-order valence-electron chi connectivity index (χ4n) is 1.76. The quantitative estimate of drug-likeness (QED) is 0.569. The lowest BCUT2D eigenvalue weighted by atomic mass is 10.2. The van der Waals surface area contributed by atoms with Crippen molar-refractivity contribution in [3.8, 4) is 17.1 Å². The maximum Gasteiger partial charge on any atom is 0.210 e. The highest BCUT2D eigenvalue weighted by atomic mass is 32.2. The minimum Gasteiger partial charge on any atom is -0.497 e. The Labute approximate surface area is 125 Å². The van der Waals surface area contributed by atoms with Crippen LogP contribution in [0.1, 0.15) is 5.69 Å². The van der Waals surface area contributed by atoms with Gasteiger partial charge in [-0.1, -0.05) is 16.9 Å². The van der Waals surface area contributed by atoms with Crippen LogP contribution in [0, 0.1) is 0 Å². The summed E-state index contributed by atoms with van der Waals surface area (Å²) in [5, 5.41) is 12.7. The summed E-state index contributed by atoms with van der Waals surface area (Å²) in [6, 6.07) is 9.28. The van der Waals surface area contributed by atoms with E-state index in [4.69, 9.17) is 15.1 Å². The number of hydrogen-bond acceptors (Lipinski definition) is 7. The van der Waals surface area contributed by atoms with Gasteiger partial charge >= 0.3 is 0 Å². The van der Waals surface area contributed by atoms with E-state index in [1.807, 2.05) is 24.3 Å². The van der Waals surface area contributed by atoms with Crippen LogP contribution in [0.2, 0.25) is 0 Å². The normalized spacial score (nSPS) is 10.7. The molecule has 3 rings (SSSR count). The first-order valence-corrected chi connectivity index (χ1v) is 7.13. The molecule has 0 aliphatic rings. The van der Waals surface area contributed by atoms with Crippen molar-refractivity contribution in [1.82, 2.24) is 20.0 Å². The maximum atomic E-state index is 6.04. The van der Waals surface area contributed by atoms with Crippen molar-refractivity contribution in [2.75, 3.05) is 13.0 Å². The molecule has 0 unspecified atom stereocenters. The molecule has 0 bridgehead atoms. The second-order valence-corrected chi connectivity index (χ2v) is 5.13. The Kier molecular flexibility index (Phi) is 3.78.